The summed E-state index contributed by atoms with van der Waals surface area (Å²) in [5.74, 6) is 1.60. The molecule has 2 aromatic carbocycles. The van der Waals surface area contributed by atoms with Gasteiger partial charge in [0.05, 0.1) is 20.3 Å². The van der Waals surface area contributed by atoms with Crippen molar-refractivity contribution in [2.45, 2.75) is 25.8 Å². The molecule has 1 N–H and O–H groups in total. The number of carbonyl (C=O) groups excluding carboxylic acids is 1. The van der Waals surface area contributed by atoms with E-state index < -0.39 is 0 Å². The molecule has 1 atom stereocenters. The number of methoxy groups -OCH3 is 2. The van der Waals surface area contributed by atoms with Crippen molar-refractivity contribution in [1.82, 2.24) is 5.32 Å². The molecule has 1 aliphatic rings. The number of nitrogens with one attached hydrogen (secondary N) is 1. The quantitative estimate of drug-likeness (QED) is 0.941. The van der Waals surface area contributed by atoms with Crippen LogP contribution in [-0.4, -0.2) is 20.1 Å². The standard InChI is InChI=1S/C19H21NO3/c1-12-10-14(5-9-18(12)23-3)19(21)20-17-8-4-13-11-15(22-2)6-7-16(13)17/h5-7,9-11,17H,4,8H2,1-3H3,(H,20,21). The monoisotopic (exact) mass is 311 g/mol. The van der Waals surface area contributed by atoms with Gasteiger partial charge in [-0.05, 0) is 66.8 Å². The molecule has 2 aromatic rings. The van der Waals surface area contributed by atoms with Gasteiger partial charge in [0.25, 0.3) is 5.91 Å². The first-order valence-corrected chi connectivity index (χ1v) is 7.74. The van der Waals surface area contributed by atoms with Gasteiger partial charge < -0.3 is 14.8 Å². The summed E-state index contributed by atoms with van der Waals surface area (Å²) < 4.78 is 10.5. The van der Waals surface area contributed by atoms with Crippen molar-refractivity contribution >= 4 is 5.91 Å². The van der Waals surface area contributed by atoms with Crippen LogP contribution in [-0.2, 0) is 6.42 Å². The van der Waals surface area contributed by atoms with Crippen molar-refractivity contribution in [2.24, 2.45) is 0 Å². The van der Waals surface area contributed by atoms with Crippen molar-refractivity contribution in [3.05, 3.63) is 58.7 Å². The van der Waals surface area contributed by atoms with E-state index in [0.717, 1.165) is 29.9 Å². The molecule has 0 heterocycles. The Kier molecular flexibility index (Phi) is 4.24. The second-order valence-corrected chi connectivity index (χ2v) is 5.81. The van der Waals surface area contributed by atoms with Gasteiger partial charge in [-0.3, -0.25) is 4.79 Å². The molecule has 0 bridgehead atoms. The average molecular weight is 311 g/mol. The molecule has 0 saturated heterocycles. The van der Waals surface area contributed by atoms with E-state index in [9.17, 15) is 4.79 Å². The molecule has 1 aliphatic carbocycles. The summed E-state index contributed by atoms with van der Waals surface area (Å²) in [6.45, 7) is 1.94. The Morgan fingerprint density at radius 2 is 1.96 bits per heavy atom. The molecule has 0 radical (unpaired) electrons. The lowest BCUT2D eigenvalue weighted by Crippen LogP contribution is -2.27. The highest BCUT2D eigenvalue weighted by Crippen LogP contribution is 2.33. The topological polar surface area (TPSA) is 47.6 Å². The number of hydrogen-bond donors (Lipinski definition) is 1. The van der Waals surface area contributed by atoms with Gasteiger partial charge in [0, 0.05) is 5.56 Å². The van der Waals surface area contributed by atoms with Crippen LogP contribution in [0.2, 0.25) is 0 Å². The van der Waals surface area contributed by atoms with Gasteiger partial charge in [0.2, 0.25) is 0 Å². The maximum absolute atomic E-state index is 12.5. The molecule has 0 saturated carbocycles. The van der Waals surface area contributed by atoms with Crippen LogP contribution in [0.4, 0.5) is 0 Å². The highest BCUT2D eigenvalue weighted by molar-refractivity contribution is 5.95. The summed E-state index contributed by atoms with van der Waals surface area (Å²) in [7, 11) is 3.30. The smallest absolute Gasteiger partial charge is 0.251 e. The molecule has 0 fully saturated rings. The number of fused-ring (bicyclic) bond motifs is 1. The number of ether oxygens (including phenoxy) is 2. The fourth-order valence-electron chi connectivity index (χ4n) is 3.13. The first kappa shape index (κ1) is 15.4. The molecule has 1 unspecified atom stereocenters. The molecule has 120 valence electrons. The molecule has 1 amide bonds. The molecule has 3 rings (SSSR count). The van der Waals surface area contributed by atoms with Crippen LogP contribution in [0, 0.1) is 6.92 Å². The predicted molar refractivity (Wildman–Crippen MR) is 89.3 cm³/mol. The Hall–Kier alpha value is -2.49. The van der Waals surface area contributed by atoms with Crippen LogP contribution < -0.4 is 14.8 Å². The normalized spacial score (nSPS) is 15.9. The summed E-state index contributed by atoms with van der Waals surface area (Å²) in [4.78, 5) is 12.5. The fraction of sp³-hybridized carbons (Fsp3) is 0.316. The Morgan fingerprint density at radius 3 is 2.65 bits per heavy atom. The predicted octanol–water partition coefficient (Wildman–Crippen LogP) is 3.43. The zero-order chi connectivity index (χ0) is 16.4. The molecular formula is C19H21NO3. The van der Waals surface area contributed by atoms with Crippen LogP contribution in [0.3, 0.4) is 0 Å². The number of amides is 1. The largest absolute Gasteiger partial charge is 0.497 e. The van der Waals surface area contributed by atoms with E-state index in [4.69, 9.17) is 9.47 Å². The number of carbonyl (C=O) groups is 1. The van der Waals surface area contributed by atoms with Crippen molar-refractivity contribution in [1.29, 1.82) is 0 Å². The second kappa shape index (κ2) is 6.32. The van der Waals surface area contributed by atoms with Gasteiger partial charge in [-0.1, -0.05) is 6.07 Å². The van der Waals surface area contributed by atoms with E-state index in [1.807, 2.05) is 31.2 Å². The van der Waals surface area contributed by atoms with Crippen molar-refractivity contribution in [2.75, 3.05) is 14.2 Å². The third-order valence-corrected chi connectivity index (χ3v) is 4.39. The third-order valence-electron chi connectivity index (χ3n) is 4.39. The van der Waals surface area contributed by atoms with Crippen molar-refractivity contribution in [3.63, 3.8) is 0 Å². The SMILES string of the molecule is COc1ccc2c(c1)CCC2NC(=O)c1ccc(OC)c(C)c1. The van der Waals surface area contributed by atoms with Gasteiger partial charge in [-0.15, -0.1) is 0 Å². The zero-order valence-corrected chi connectivity index (χ0v) is 13.7. The van der Waals surface area contributed by atoms with E-state index in [0.29, 0.717) is 5.56 Å². The van der Waals surface area contributed by atoms with Crippen molar-refractivity contribution < 1.29 is 14.3 Å². The van der Waals surface area contributed by atoms with Gasteiger partial charge in [0.15, 0.2) is 0 Å². The fourth-order valence-corrected chi connectivity index (χ4v) is 3.13. The number of hydrogen-bond acceptors (Lipinski definition) is 3. The molecule has 0 spiro atoms. The minimum atomic E-state index is -0.0515. The highest BCUT2D eigenvalue weighted by atomic mass is 16.5. The molecule has 23 heavy (non-hydrogen) atoms. The van der Waals surface area contributed by atoms with E-state index in [2.05, 4.69) is 11.4 Å². The second-order valence-electron chi connectivity index (χ2n) is 5.81. The third kappa shape index (κ3) is 3.02. The number of benzene rings is 2. The lowest BCUT2D eigenvalue weighted by Gasteiger charge is -2.15. The van der Waals surface area contributed by atoms with E-state index in [1.54, 1.807) is 20.3 Å². The zero-order valence-electron chi connectivity index (χ0n) is 13.7. The maximum Gasteiger partial charge on any atom is 0.251 e. The Labute approximate surface area is 136 Å². The number of aryl methyl sites for hydroxylation is 2. The van der Waals surface area contributed by atoms with Gasteiger partial charge in [-0.2, -0.15) is 0 Å². The van der Waals surface area contributed by atoms with Crippen molar-refractivity contribution in [3.8, 4) is 11.5 Å². The van der Waals surface area contributed by atoms with E-state index >= 15 is 0 Å². The Bertz CT molecular complexity index is 739. The maximum atomic E-state index is 12.5. The Morgan fingerprint density at radius 1 is 1.13 bits per heavy atom. The Balaban J connectivity index is 1.76. The first-order chi connectivity index (χ1) is 11.1. The summed E-state index contributed by atoms with van der Waals surface area (Å²) in [6.07, 6.45) is 1.88. The summed E-state index contributed by atoms with van der Waals surface area (Å²) in [6, 6.07) is 11.6. The average Bonchev–Trinajstić information content (AvgIpc) is 2.96. The van der Waals surface area contributed by atoms with Crippen LogP contribution in [0.1, 0.15) is 39.5 Å². The molecule has 0 aliphatic heterocycles. The van der Waals surface area contributed by atoms with Gasteiger partial charge in [0.1, 0.15) is 11.5 Å². The summed E-state index contributed by atoms with van der Waals surface area (Å²) >= 11 is 0. The van der Waals surface area contributed by atoms with Gasteiger partial charge in [-0.25, -0.2) is 0 Å². The molecule has 4 heteroatoms. The molecule has 0 aromatic heterocycles. The van der Waals surface area contributed by atoms with E-state index in [1.165, 1.54) is 11.1 Å². The highest BCUT2D eigenvalue weighted by Gasteiger charge is 2.24. The number of rotatable bonds is 4. The van der Waals surface area contributed by atoms with Crippen LogP contribution in [0.15, 0.2) is 36.4 Å². The first-order valence-electron chi connectivity index (χ1n) is 7.74. The van der Waals surface area contributed by atoms with E-state index in [-0.39, 0.29) is 11.9 Å². The van der Waals surface area contributed by atoms with Crippen LogP contribution in [0.5, 0.6) is 11.5 Å². The molecule has 4 nitrogen and oxygen atoms in total. The molecular weight excluding hydrogens is 290 g/mol. The summed E-state index contributed by atoms with van der Waals surface area (Å²) in [5.41, 5.74) is 4.05. The minimum absolute atomic E-state index is 0.0515. The van der Waals surface area contributed by atoms with Crippen LogP contribution >= 0.6 is 0 Å². The lowest BCUT2D eigenvalue weighted by molar-refractivity contribution is 0.0936. The lowest BCUT2D eigenvalue weighted by atomic mass is 10.1. The van der Waals surface area contributed by atoms with Crippen LogP contribution in [0.25, 0.3) is 0 Å². The summed E-state index contributed by atoms with van der Waals surface area (Å²) in [5, 5.41) is 3.13. The minimum Gasteiger partial charge on any atom is -0.497 e. The van der Waals surface area contributed by atoms with Gasteiger partial charge >= 0.3 is 0 Å².